The van der Waals surface area contributed by atoms with Crippen LogP contribution in [0.2, 0.25) is 5.02 Å². The Kier molecular flexibility index (Phi) is 4.80. The molecule has 0 unspecified atom stereocenters. The van der Waals surface area contributed by atoms with Gasteiger partial charge in [0.05, 0.1) is 28.0 Å². The largest absolute Gasteiger partial charge is 0.366 e. The Morgan fingerprint density at radius 1 is 1.15 bits per heavy atom. The lowest BCUT2D eigenvalue weighted by Crippen LogP contribution is -2.07. The van der Waals surface area contributed by atoms with E-state index in [0.29, 0.717) is 22.8 Å². The van der Waals surface area contributed by atoms with Gasteiger partial charge in [-0.2, -0.15) is 14.9 Å². The molecule has 0 saturated heterocycles. The van der Waals surface area contributed by atoms with Crippen LogP contribution in [0.3, 0.4) is 0 Å². The molecule has 132 valence electrons. The van der Waals surface area contributed by atoms with Gasteiger partial charge in [-0.25, -0.2) is 4.98 Å². The number of rotatable bonds is 4. The molecule has 0 atom stereocenters. The number of halogens is 2. The summed E-state index contributed by atoms with van der Waals surface area (Å²) in [6.45, 7) is 0.588. The van der Waals surface area contributed by atoms with Crippen LogP contribution < -0.4 is 5.32 Å². The molecule has 5 nitrogen and oxygen atoms in total. The monoisotopic (exact) mass is 437 g/mol. The summed E-state index contributed by atoms with van der Waals surface area (Å²) in [6.07, 6.45) is 1.71. The molecule has 0 aliphatic rings. The predicted molar refractivity (Wildman–Crippen MR) is 110 cm³/mol. The average molecular weight is 439 g/mol. The Balaban J connectivity index is 1.72. The van der Waals surface area contributed by atoms with Crippen molar-refractivity contribution < 1.29 is 0 Å². The summed E-state index contributed by atoms with van der Waals surface area (Å²) in [7, 11) is 0. The lowest BCUT2D eigenvalue weighted by Gasteiger charge is -2.12. The predicted octanol–water partition coefficient (Wildman–Crippen LogP) is 5.30. The van der Waals surface area contributed by atoms with Crippen LogP contribution in [-0.2, 0) is 6.54 Å². The SMILES string of the molecule is N#Cc1ccc(CNc2cc(-c3ccccc3Cl)nc3c(Br)cnn23)cc1. The molecule has 0 amide bonds. The van der Waals surface area contributed by atoms with Crippen molar-refractivity contribution in [1.82, 2.24) is 14.6 Å². The van der Waals surface area contributed by atoms with E-state index >= 15 is 0 Å². The highest BCUT2D eigenvalue weighted by Crippen LogP contribution is 2.30. The molecule has 1 N–H and O–H groups in total. The maximum Gasteiger partial charge on any atom is 0.172 e. The molecule has 7 heteroatoms. The Hall–Kier alpha value is -2.88. The van der Waals surface area contributed by atoms with Crippen LogP contribution in [0.15, 0.2) is 65.3 Å². The van der Waals surface area contributed by atoms with Crippen molar-refractivity contribution in [3.8, 4) is 17.3 Å². The van der Waals surface area contributed by atoms with E-state index in [2.05, 4.69) is 32.4 Å². The fraction of sp³-hybridized carbons (Fsp3) is 0.0500. The summed E-state index contributed by atoms with van der Waals surface area (Å²) in [5, 5.41) is 17.3. The van der Waals surface area contributed by atoms with Gasteiger partial charge in [-0.3, -0.25) is 0 Å². The Bertz CT molecular complexity index is 1160. The molecule has 0 saturated carbocycles. The van der Waals surface area contributed by atoms with Crippen LogP contribution in [0, 0.1) is 11.3 Å². The van der Waals surface area contributed by atoms with Gasteiger partial charge in [0.15, 0.2) is 5.65 Å². The lowest BCUT2D eigenvalue weighted by molar-refractivity contribution is 0.927. The zero-order valence-electron chi connectivity index (χ0n) is 14.0. The van der Waals surface area contributed by atoms with E-state index in [1.54, 1.807) is 22.8 Å². The van der Waals surface area contributed by atoms with E-state index in [9.17, 15) is 0 Å². The van der Waals surface area contributed by atoms with Gasteiger partial charge in [-0.1, -0.05) is 41.9 Å². The van der Waals surface area contributed by atoms with Crippen molar-refractivity contribution in [2.24, 2.45) is 0 Å². The summed E-state index contributed by atoms with van der Waals surface area (Å²) < 4.78 is 2.55. The summed E-state index contributed by atoms with van der Waals surface area (Å²) in [5.74, 6) is 0.796. The fourth-order valence-corrected chi connectivity index (χ4v) is 3.34. The molecule has 0 fully saturated rings. The molecule has 0 aliphatic carbocycles. The molecule has 27 heavy (non-hydrogen) atoms. The standard InChI is InChI=1S/C20H13BrClN5/c21-16-12-25-27-19(24-11-14-7-5-13(10-23)6-8-14)9-18(26-20(16)27)15-3-1-2-4-17(15)22/h1-9,12,24H,11H2. The van der Waals surface area contributed by atoms with Crippen molar-refractivity contribution in [2.45, 2.75) is 6.54 Å². The second kappa shape index (κ2) is 7.39. The van der Waals surface area contributed by atoms with Gasteiger partial charge in [0.25, 0.3) is 0 Å². The summed E-state index contributed by atoms with van der Waals surface area (Å²) in [4.78, 5) is 4.70. The molecule has 4 rings (SSSR count). The lowest BCUT2D eigenvalue weighted by atomic mass is 10.1. The quantitative estimate of drug-likeness (QED) is 0.470. The van der Waals surface area contributed by atoms with E-state index in [1.807, 2.05) is 42.5 Å². The minimum Gasteiger partial charge on any atom is -0.366 e. The van der Waals surface area contributed by atoms with E-state index in [-0.39, 0.29) is 0 Å². The molecule has 2 heterocycles. The van der Waals surface area contributed by atoms with Crippen LogP contribution in [0.25, 0.3) is 16.9 Å². The first-order valence-electron chi connectivity index (χ1n) is 8.18. The van der Waals surface area contributed by atoms with E-state index in [1.165, 1.54) is 0 Å². The smallest absolute Gasteiger partial charge is 0.172 e. The number of benzene rings is 2. The second-order valence-electron chi connectivity index (χ2n) is 5.90. The Morgan fingerprint density at radius 3 is 2.67 bits per heavy atom. The van der Waals surface area contributed by atoms with Gasteiger partial charge in [0, 0.05) is 23.2 Å². The van der Waals surface area contributed by atoms with Crippen LogP contribution in [0.5, 0.6) is 0 Å². The topological polar surface area (TPSA) is 66.0 Å². The molecular formula is C20H13BrClN5. The van der Waals surface area contributed by atoms with E-state index < -0.39 is 0 Å². The Labute approximate surface area is 169 Å². The highest BCUT2D eigenvalue weighted by molar-refractivity contribution is 9.10. The van der Waals surface area contributed by atoms with Crippen molar-refractivity contribution in [2.75, 3.05) is 5.32 Å². The molecule has 0 radical (unpaired) electrons. The number of nitrogens with one attached hydrogen (secondary N) is 1. The van der Waals surface area contributed by atoms with Crippen LogP contribution in [-0.4, -0.2) is 14.6 Å². The normalized spacial score (nSPS) is 10.7. The third-order valence-electron chi connectivity index (χ3n) is 4.14. The Morgan fingerprint density at radius 2 is 1.93 bits per heavy atom. The van der Waals surface area contributed by atoms with E-state index in [0.717, 1.165) is 27.1 Å². The van der Waals surface area contributed by atoms with Crippen LogP contribution >= 0.6 is 27.5 Å². The van der Waals surface area contributed by atoms with Gasteiger partial charge in [-0.05, 0) is 39.7 Å². The molecule has 2 aromatic heterocycles. The average Bonchev–Trinajstić information content (AvgIpc) is 3.08. The van der Waals surface area contributed by atoms with Gasteiger partial charge < -0.3 is 5.32 Å². The third-order valence-corrected chi connectivity index (χ3v) is 5.02. The van der Waals surface area contributed by atoms with Crippen LogP contribution in [0.1, 0.15) is 11.1 Å². The maximum absolute atomic E-state index is 8.92. The summed E-state index contributed by atoms with van der Waals surface area (Å²) in [6, 6.07) is 19.1. The van der Waals surface area contributed by atoms with Gasteiger partial charge in [0.2, 0.25) is 0 Å². The van der Waals surface area contributed by atoms with Gasteiger partial charge >= 0.3 is 0 Å². The zero-order chi connectivity index (χ0) is 18.8. The molecule has 0 aliphatic heterocycles. The second-order valence-corrected chi connectivity index (χ2v) is 7.16. The number of anilines is 1. The number of hydrogen-bond acceptors (Lipinski definition) is 4. The first kappa shape index (κ1) is 17.5. The molecule has 0 spiro atoms. The molecule has 2 aromatic carbocycles. The van der Waals surface area contributed by atoms with Gasteiger partial charge in [-0.15, -0.1) is 0 Å². The first-order chi connectivity index (χ1) is 13.2. The third kappa shape index (κ3) is 3.52. The van der Waals surface area contributed by atoms with Crippen molar-refractivity contribution in [3.63, 3.8) is 0 Å². The summed E-state index contributed by atoms with van der Waals surface area (Å²) in [5.41, 5.74) is 4.02. The van der Waals surface area contributed by atoms with Crippen molar-refractivity contribution in [1.29, 1.82) is 5.26 Å². The number of hydrogen-bond donors (Lipinski definition) is 1. The molecule has 4 aromatic rings. The number of nitriles is 1. The van der Waals surface area contributed by atoms with E-state index in [4.69, 9.17) is 21.8 Å². The van der Waals surface area contributed by atoms with Crippen molar-refractivity contribution >= 4 is 39.0 Å². The zero-order valence-corrected chi connectivity index (χ0v) is 16.4. The minimum atomic E-state index is 0.588. The highest BCUT2D eigenvalue weighted by Gasteiger charge is 2.13. The summed E-state index contributed by atoms with van der Waals surface area (Å²) >= 11 is 9.86. The number of nitrogens with zero attached hydrogens (tertiary/aromatic N) is 4. The molecular weight excluding hydrogens is 426 g/mol. The maximum atomic E-state index is 8.92. The fourth-order valence-electron chi connectivity index (χ4n) is 2.76. The van der Waals surface area contributed by atoms with Crippen LogP contribution in [0.4, 0.5) is 5.82 Å². The number of fused-ring (bicyclic) bond motifs is 1. The van der Waals surface area contributed by atoms with Crippen molar-refractivity contribution in [3.05, 3.63) is 81.4 Å². The first-order valence-corrected chi connectivity index (χ1v) is 9.35. The highest BCUT2D eigenvalue weighted by atomic mass is 79.9. The molecule has 0 bridgehead atoms. The number of aromatic nitrogens is 3. The van der Waals surface area contributed by atoms with Gasteiger partial charge in [0.1, 0.15) is 5.82 Å². The minimum absolute atomic E-state index is 0.588.